The average Bonchev–Trinajstić information content (AvgIpc) is 2.28. The first-order valence-corrected chi connectivity index (χ1v) is 6.27. The van der Waals surface area contributed by atoms with Crippen LogP contribution in [0, 0.1) is 16.0 Å². The number of hydrogen-bond acceptors (Lipinski definition) is 4. The lowest BCUT2D eigenvalue weighted by Crippen LogP contribution is -2.13. The molecule has 5 nitrogen and oxygen atoms in total. The van der Waals surface area contributed by atoms with E-state index in [2.05, 4.69) is 0 Å². The number of nitrogens with zero attached hydrogens (tertiary/aromatic N) is 1. The third kappa shape index (κ3) is 3.20. The lowest BCUT2D eigenvalue weighted by molar-refractivity contribution is -0.384. The zero-order chi connectivity index (χ0) is 13.0. The number of nitrogen functional groups attached to an aromatic ring is 1. The van der Waals surface area contributed by atoms with Crippen LogP contribution in [0.15, 0.2) is 18.2 Å². The standard InChI is InChI=1S/C13H18N2O3/c14-13-5-4-12(15(16)17)8-11(13)9-18-7-6-10-2-1-3-10/h4-5,8,10H,1-3,6-7,9,14H2. The summed E-state index contributed by atoms with van der Waals surface area (Å²) < 4.78 is 5.54. The van der Waals surface area contributed by atoms with Gasteiger partial charge >= 0.3 is 0 Å². The van der Waals surface area contributed by atoms with Gasteiger partial charge in [0.15, 0.2) is 0 Å². The van der Waals surface area contributed by atoms with Crippen LogP contribution in [0.1, 0.15) is 31.2 Å². The highest BCUT2D eigenvalue weighted by Gasteiger charge is 2.16. The molecule has 0 saturated heterocycles. The van der Waals surface area contributed by atoms with E-state index in [1.807, 2.05) is 0 Å². The topological polar surface area (TPSA) is 78.4 Å². The minimum atomic E-state index is -0.419. The highest BCUT2D eigenvalue weighted by atomic mass is 16.6. The minimum Gasteiger partial charge on any atom is -0.398 e. The van der Waals surface area contributed by atoms with Gasteiger partial charge in [-0.2, -0.15) is 0 Å². The van der Waals surface area contributed by atoms with Crippen LogP contribution in [0.25, 0.3) is 0 Å². The monoisotopic (exact) mass is 250 g/mol. The van der Waals surface area contributed by atoms with Gasteiger partial charge in [0.2, 0.25) is 0 Å². The summed E-state index contributed by atoms with van der Waals surface area (Å²) in [4.78, 5) is 10.2. The van der Waals surface area contributed by atoms with Gasteiger partial charge in [-0.05, 0) is 18.4 Å². The van der Waals surface area contributed by atoms with Gasteiger partial charge in [0, 0.05) is 30.0 Å². The molecule has 1 aliphatic carbocycles. The molecule has 0 heterocycles. The summed E-state index contributed by atoms with van der Waals surface area (Å²) in [7, 11) is 0. The number of ether oxygens (including phenoxy) is 1. The molecule has 1 aromatic carbocycles. The zero-order valence-corrected chi connectivity index (χ0v) is 10.3. The number of hydrogen-bond donors (Lipinski definition) is 1. The van der Waals surface area contributed by atoms with Gasteiger partial charge in [0.1, 0.15) is 0 Å². The Labute approximate surface area is 106 Å². The Hall–Kier alpha value is -1.62. The van der Waals surface area contributed by atoms with E-state index in [1.54, 1.807) is 6.07 Å². The van der Waals surface area contributed by atoms with Crippen molar-refractivity contribution in [2.75, 3.05) is 12.3 Å². The van der Waals surface area contributed by atoms with Crippen molar-refractivity contribution in [3.05, 3.63) is 33.9 Å². The van der Waals surface area contributed by atoms with Gasteiger partial charge in [0.25, 0.3) is 5.69 Å². The van der Waals surface area contributed by atoms with Crippen LogP contribution in [0.2, 0.25) is 0 Å². The molecule has 5 heteroatoms. The molecule has 1 aliphatic rings. The van der Waals surface area contributed by atoms with E-state index in [1.165, 1.54) is 31.4 Å². The molecule has 18 heavy (non-hydrogen) atoms. The Kier molecular flexibility index (Phi) is 4.15. The number of nitro benzene ring substituents is 1. The Morgan fingerprint density at radius 2 is 2.22 bits per heavy atom. The second-order valence-electron chi connectivity index (χ2n) is 4.78. The second-order valence-corrected chi connectivity index (χ2v) is 4.78. The van der Waals surface area contributed by atoms with Gasteiger partial charge < -0.3 is 10.5 Å². The molecule has 0 aliphatic heterocycles. The molecule has 98 valence electrons. The first kappa shape index (κ1) is 12.8. The van der Waals surface area contributed by atoms with E-state index in [9.17, 15) is 10.1 Å². The normalized spacial score (nSPS) is 15.3. The van der Waals surface area contributed by atoms with E-state index < -0.39 is 4.92 Å². The number of benzene rings is 1. The third-order valence-corrected chi connectivity index (χ3v) is 3.49. The van der Waals surface area contributed by atoms with E-state index in [0.29, 0.717) is 24.5 Å². The van der Waals surface area contributed by atoms with Crippen LogP contribution in [-0.2, 0) is 11.3 Å². The van der Waals surface area contributed by atoms with E-state index >= 15 is 0 Å². The highest BCUT2D eigenvalue weighted by molar-refractivity contribution is 5.52. The second kappa shape index (κ2) is 5.82. The molecule has 2 N–H and O–H groups in total. The van der Waals surface area contributed by atoms with Crippen LogP contribution in [0.4, 0.5) is 11.4 Å². The van der Waals surface area contributed by atoms with Crippen molar-refractivity contribution in [2.45, 2.75) is 32.3 Å². The molecule has 2 rings (SSSR count). The SMILES string of the molecule is Nc1ccc([N+](=O)[O-])cc1COCCC1CCC1. The Balaban J connectivity index is 1.83. The van der Waals surface area contributed by atoms with Crippen molar-refractivity contribution in [2.24, 2.45) is 5.92 Å². The largest absolute Gasteiger partial charge is 0.398 e. The summed E-state index contributed by atoms with van der Waals surface area (Å²) in [6.45, 7) is 1.05. The lowest BCUT2D eigenvalue weighted by atomic mass is 9.83. The summed E-state index contributed by atoms with van der Waals surface area (Å²) in [6, 6.07) is 4.45. The van der Waals surface area contributed by atoms with Crippen LogP contribution < -0.4 is 5.73 Å². The zero-order valence-electron chi connectivity index (χ0n) is 10.3. The molecular formula is C13H18N2O3. The smallest absolute Gasteiger partial charge is 0.269 e. The predicted octanol–water partition coefficient (Wildman–Crippen LogP) is 2.88. The molecule has 0 unspecified atom stereocenters. The van der Waals surface area contributed by atoms with Crippen molar-refractivity contribution in [3.63, 3.8) is 0 Å². The van der Waals surface area contributed by atoms with E-state index in [0.717, 1.165) is 12.3 Å². The first-order valence-electron chi connectivity index (χ1n) is 6.27. The van der Waals surface area contributed by atoms with Crippen molar-refractivity contribution < 1.29 is 9.66 Å². The molecule has 0 atom stereocenters. The number of non-ortho nitro benzene ring substituents is 1. The number of nitrogens with two attached hydrogens (primary N) is 1. The van der Waals surface area contributed by atoms with Crippen LogP contribution >= 0.6 is 0 Å². The van der Waals surface area contributed by atoms with Crippen molar-refractivity contribution in [1.82, 2.24) is 0 Å². The van der Waals surface area contributed by atoms with E-state index in [4.69, 9.17) is 10.5 Å². The maximum atomic E-state index is 10.7. The molecule has 0 spiro atoms. The predicted molar refractivity (Wildman–Crippen MR) is 69.1 cm³/mol. The highest BCUT2D eigenvalue weighted by Crippen LogP contribution is 2.29. The molecule has 0 amide bonds. The fourth-order valence-electron chi connectivity index (χ4n) is 2.04. The Morgan fingerprint density at radius 1 is 1.44 bits per heavy atom. The molecule has 1 aromatic rings. The van der Waals surface area contributed by atoms with Crippen molar-refractivity contribution in [3.8, 4) is 0 Å². The lowest BCUT2D eigenvalue weighted by Gasteiger charge is -2.24. The molecule has 0 radical (unpaired) electrons. The van der Waals surface area contributed by atoms with Gasteiger partial charge in [-0.25, -0.2) is 0 Å². The molecule has 1 fully saturated rings. The van der Waals surface area contributed by atoms with E-state index in [-0.39, 0.29) is 5.69 Å². The maximum Gasteiger partial charge on any atom is 0.269 e. The van der Waals surface area contributed by atoms with Crippen molar-refractivity contribution >= 4 is 11.4 Å². The fourth-order valence-corrected chi connectivity index (χ4v) is 2.04. The summed E-state index contributed by atoms with van der Waals surface area (Å²) in [5.41, 5.74) is 7.06. The van der Waals surface area contributed by atoms with Crippen molar-refractivity contribution in [1.29, 1.82) is 0 Å². The molecule has 0 bridgehead atoms. The minimum absolute atomic E-state index is 0.0572. The molecule has 1 saturated carbocycles. The van der Waals surface area contributed by atoms with Gasteiger partial charge in [-0.3, -0.25) is 10.1 Å². The summed E-state index contributed by atoms with van der Waals surface area (Å²) in [6.07, 6.45) is 5.03. The first-order chi connectivity index (χ1) is 8.66. The van der Waals surface area contributed by atoms with Crippen LogP contribution in [0.3, 0.4) is 0 Å². The third-order valence-electron chi connectivity index (χ3n) is 3.49. The summed E-state index contributed by atoms with van der Waals surface area (Å²) in [5, 5.41) is 10.7. The van der Waals surface area contributed by atoms with Crippen LogP contribution in [0.5, 0.6) is 0 Å². The quantitative estimate of drug-likeness (QED) is 0.364. The fraction of sp³-hybridized carbons (Fsp3) is 0.538. The molecule has 0 aromatic heterocycles. The number of rotatable bonds is 6. The summed E-state index contributed by atoms with van der Waals surface area (Å²) in [5.74, 6) is 0.812. The Morgan fingerprint density at radius 3 is 2.83 bits per heavy atom. The maximum absolute atomic E-state index is 10.7. The number of anilines is 1. The Bertz CT molecular complexity index is 430. The van der Waals surface area contributed by atoms with Crippen LogP contribution in [-0.4, -0.2) is 11.5 Å². The number of nitro groups is 1. The van der Waals surface area contributed by atoms with Gasteiger partial charge in [0.05, 0.1) is 11.5 Å². The van der Waals surface area contributed by atoms with Gasteiger partial charge in [-0.15, -0.1) is 0 Å². The molecular weight excluding hydrogens is 232 g/mol. The van der Waals surface area contributed by atoms with Gasteiger partial charge in [-0.1, -0.05) is 19.3 Å². The summed E-state index contributed by atoms with van der Waals surface area (Å²) >= 11 is 0. The average molecular weight is 250 g/mol.